The lowest BCUT2D eigenvalue weighted by atomic mass is 9.92. The molecule has 0 saturated carbocycles. The van der Waals surface area contributed by atoms with E-state index in [1.54, 1.807) is 13.2 Å². The number of ether oxygens (including phenoxy) is 1. The summed E-state index contributed by atoms with van der Waals surface area (Å²) in [6, 6.07) is 7.34. The van der Waals surface area contributed by atoms with Crippen LogP contribution in [0.5, 0.6) is 0 Å². The average Bonchev–Trinajstić information content (AvgIpc) is 2.42. The van der Waals surface area contributed by atoms with Gasteiger partial charge in [0.1, 0.15) is 5.82 Å². The van der Waals surface area contributed by atoms with Crippen molar-refractivity contribution in [1.29, 1.82) is 0 Å². The van der Waals surface area contributed by atoms with E-state index < -0.39 is 0 Å². The predicted octanol–water partition coefficient (Wildman–Crippen LogP) is 3.41. The van der Waals surface area contributed by atoms with Crippen molar-refractivity contribution in [3.05, 3.63) is 35.6 Å². The number of nitrogens with one attached hydrogen (secondary N) is 1. The van der Waals surface area contributed by atoms with Crippen LogP contribution in [0.4, 0.5) is 4.39 Å². The maximum Gasteiger partial charge on any atom is 0.126 e. The molecule has 19 heavy (non-hydrogen) atoms. The molecule has 2 unspecified atom stereocenters. The normalized spacial score (nSPS) is 14.3. The lowest BCUT2D eigenvalue weighted by Crippen LogP contribution is -2.38. The molecule has 0 aliphatic carbocycles. The summed E-state index contributed by atoms with van der Waals surface area (Å²) in [6.45, 7) is 6.07. The molecule has 1 N–H and O–H groups in total. The monoisotopic (exact) mass is 267 g/mol. The van der Waals surface area contributed by atoms with Crippen molar-refractivity contribution in [1.82, 2.24) is 5.32 Å². The molecule has 1 aromatic rings. The van der Waals surface area contributed by atoms with Crippen LogP contribution in [0, 0.1) is 11.7 Å². The minimum Gasteiger partial charge on any atom is -0.385 e. The van der Waals surface area contributed by atoms with Crippen LogP contribution < -0.4 is 5.32 Å². The molecular formula is C16H26FNO. The van der Waals surface area contributed by atoms with Crippen LogP contribution in [-0.4, -0.2) is 26.3 Å². The van der Waals surface area contributed by atoms with Crippen molar-refractivity contribution in [2.45, 2.75) is 39.2 Å². The molecule has 0 heterocycles. The standard InChI is InChI=1S/C16H26FNO/c1-4-10-18-16(13(2)9-11-19-3)12-14-7-5-6-8-15(14)17/h5-8,13,16,18H,4,9-12H2,1-3H3. The minimum absolute atomic E-state index is 0.107. The van der Waals surface area contributed by atoms with Gasteiger partial charge in [0.15, 0.2) is 0 Å². The topological polar surface area (TPSA) is 21.3 Å². The first-order valence-corrected chi connectivity index (χ1v) is 7.14. The quantitative estimate of drug-likeness (QED) is 0.740. The second-order valence-corrected chi connectivity index (χ2v) is 5.11. The van der Waals surface area contributed by atoms with Crippen molar-refractivity contribution >= 4 is 0 Å². The molecule has 108 valence electrons. The Bertz CT molecular complexity index is 356. The molecule has 3 heteroatoms. The van der Waals surface area contributed by atoms with Crippen LogP contribution in [0.1, 0.15) is 32.3 Å². The van der Waals surface area contributed by atoms with E-state index >= 15 is 0 Å². The number of methoxy groups -OCH3 is 1. The molecule has 0 radical (unpaired) electrons. The van der Waals surface area contributed by atoms with Crippen LogP contribution in [-0.2, 0) is 11.2 Å². The Morgan fingerprint density at radius 3 is 2.68 bits per heavy atom. The summed E-state index contributed by atoms with van der Waals surface area (Å²) in [5, 5.41) is 3.53. The van der Waals surface area contributed by atoms with Gasteiger partial charge in [0, 0.05) is 19.8 Å². The van der Waals surface area contributed by atoms with Crippen LogP contribution in [0.15, 0.2) is 24.3 Å². The highest BCUT2D eigenvalue weighted by Crippen LogP contribution is 2.16. The third-order valence-electron chi connectivity index (χ3n) is 3.52. The molecule has 0 aliphatic heterocycles. The maximum absolute atomic E-state index is 13.7. The van der Waals surface area contributed by atoms with E-state index in [-0.39, 0.29) is 5.82 Å². The molecule has 0 aromatic heterocycles. The molecule has 0 fully saturated rings. The van der Waals surface area contributed by atoms with Gasteiger partial charge in [-0.1, -0.05) is 32.0 Å². The SMILES string of the molecule is CCCNC(Cc1ccccc1F)C(C)CCOC. The summed E-state index contributed by atoms with van der Waals surface area (Å²) in [7, 11) is 1.72. The minimum atomic E-state index is -0.107. The van der Waals surface area contributed by atoms with Crippen LogP contribution >= 0.6 is 0 Å². The molecule has 1 rings (SSSR count). The third kappa shape index (κ3) is 5.70. The van der Waals surface area contributed by atoms with Crippen molar-refractivity contribution in [2.24, 2.45) is 5.92 Å². The van der Waals surface area contributed by atoms with E-state index in [0.717, 1.165) is 38.0 Å². The van der Waals surface area contributed by atoms with E-state index in [1.807, 2.05) is 12.1 Å². The zero-order chi connectivity index (χ0) is 14.1. The van der Waals surface area contributed by atoms with Gasteiger partial charge in [0.25, 0.3) is 0 Å². The highest BCUT2D eigenvalue weighted by molar-refractivity contribution is 5.18. The Kier molecular flexibility index (Phi) is 7.68. The fraction of sp³-hybridized carbons (Fsp3) is 0.625. The van der Waals surface area contributed by atoms with Gasteiger partial charge in [-0.15, -0.1) is 0 Å². The van der Waals surface area contributed by atoms with Crippen molar-refractivity contribution in [3.63, 3.8) is 0 Å². The first-order valence-electron chi connectivity index (χ1n) is 7.14. The fourth-order valence-electron chi connectivity index (χ4n) is 2.21. The van der Waals surface area contributed by atoms with Gasteiger partial charge in [0.05, 0.1) is 0 Å². The van der Waals surface area contributed by atoms with Gasteiger partial charge in [-0.2, -0.15) is 0 Å². The summed E-state index contributed by atoms with van der Waals surface area (Å²) < 4.78 is 18.9. The molecule has 0 amide bonds. The molecule has 0 spiro atoms. The smallest absolute Gasteiger partial charge is 0.126 e. The van der Waals surface area contributed by atoms with E-state index in [9.17, 15) is 4.39 Å². The van der Waals surface area contributed by atoms with Crippen molar-refractivity contribution in [2.75, 3.05) is 20.3 Å². The van der Waals surface area contributed by atoms with Gasteiger partial charge in [-0.3, -0.25) is 0 Å². The Morgan fingerprint density at radius 1 is 1.32 bits per heavy atom. The van der Waals surface area contributed by atoms with Gasteiger partial charge in [-0.05, 0) is 43.4 Å². The number of hydrogen-bond acceptors (Lipinski definition) is 2. The second kappa shape index (κ2) is 9.05. The van der Waals surface area contributed by atoms with Gasteiger partial charge in [-0.25, -0.2) is 4.39 Å². The zero-order valence-electron chi connectivity index (χ0n) is 12.3. The first-order chi connectivity index (χ1) is 9.19. The summed E-state index contributed by atoms with van der Waals surface area (Å²) in [5.41, 5.74) is 0.792. The highest BCUT2D eigenvalue weighted by atomic mass is 19.1. The second-order valence-electron chi connectivity index (χ2n) is 5.11. The largest absolute Gasteiger partial charge is 0.385 e. The Balaban J connectivity index is 2.65. The van der Waals surface area contributed by atoms with Gasteiger partial charge in [0.2, 0.25) is 0 Å². The molecular weight excluding hydrogens is 241 g/mol. The first kappa shape index (κ1) is 16.1. The maximum atomic E-state index is 13.7. The fourth-order valence-corrected chi connectivity index (χ4v) is 2.21. The van der Waals surface area contributed by atoms with Gasteiger partial charge >= 0.3 is 0 Å². The molecule has 0 aliphatic rings. The zero-order valence-corrected chi connectivity index (χ0v) is 12.3. The molecule has 1 aromatic carbocycles. The van der Waals surface area contributed by atoms with E-state index in [4.69, 9.17) is 4.74 Å². The summed E-state index contributed by atoms with van der Waals surface area (Å²) in [5.74, 6) is 0.357. The van der Waals surface area contributed by atoms with Crippen LogP contribution in [0.25, 0.3) is 0 Å². The summed E-state index contributed by atoms with van der Waals surface area (Å²) >= 11 is 0. The van der Waals surface area contributed by atoms with Gasteiger partial charge < -0.3 is 10.1 Å². The predicted molar refractivity (Wildman–Crippen MR) is 77.8 cm³/mol. The Hall–Kier alpha value is -0.930. The average molecular weight is 267 g/mol. The third-order valence-corrected chi connectivity index (χ3v) is 3.52. The summed E-state index contributed by atoms with van der Waals surface area (Å²) in [4.78, 5) is 0. The molecule has 0 bridgehead atoms. The lowest BCUT2D eigenvalue weighted by molar-refractivity contribution is 0.169. The Labute approximate surface area is 116 Å². The van der Waals surface area contributed by atoms with Crippen LogP contribution in [0.3, 0.4) is 0 Å². The number of benzene rings is 1. The van der Waals surface area contributed by atoms with E-state index in [2.05, 4.69) is 19.2 Å². The summed E-state index contributed by atoms with van der Waals surface area (Å²) in [6.07, 6.45) is 2.81. The number of rotatable bonds is 9. The van der Waals surface area contributed by atoms with E-state index in [1.165, 1.54) is 6.07 Å². The molecule has 2 atom stereocenters. The highest BCUT2D eigenvalue weighted by Gasteiger charge is 2.18. The van der Waals surface area contributed by atoms with Crippen molar-refractivity contribution in [3.8, 4) is 0 Å². The molecule has 2 nitrogen and oxygen atoms in total. The Morgan fingerprint density at radius 2 is 2.05 bits per heavy atom. The number of hydrogen-bond donors (Lipinski definition) is 1. The number of halogens is 1. The van der Waals surface area contributed by atoms with Crippen LogP contribution in [0.2, 0.25) is 0 Å². The molecule has 0 saturated heterocycles. The van der Waals surface area contributed by atoms with E-state index in [0.29, 0.717) is 12.0 Å². The lowest BCUT2D eigenvalue weighted by Gasteiger charge is -2.25. The van der Waals surface area contributed by atoms with Crippen molar-refractivity contribution < 1.29 is 9.13 Å².